The van der Waals surface area contributed by atoms with E-state index >= 15 is 0 Å². The predicted molar refractivity (Wildman–Crippen MR) is 96.4 cm³/mol. The molecule has 4 heterocycles. The van der Waals surface area contributed by atoms with Crippen LogP contribution in [0.15, 0.2) is 30.6 Å². The van der Waals surface area contributed by atoms with Crippen molar-refractivity contribution in [2.45, 2.75) is 52.0 Å². The summed E-state index contributed by atoms with van der Waals surface area (Å²) in [5.41, 5.74) is 3.22. The van der Waals surface area contributed by atoms with E-state index in [9.17, 15) is 4.79 Å². The standard InChI is InChI=1S/C19H25N5O2/c1-3-8-23-10-15(14(2)21-23)9-22-12-17-18(13-22)26-19(25)24(17)11-16-6-4-5-7-20-16/h4-7,10,17-18H,3,8-9,11-13H2,1-2H3/t17-,18+/m0/s1. The molecule has 2 atom stereocenters. The molecule has 2 aliphatic heterocycles. The number of pyridine rings is 1. The Morgan fingerprint density at radius 2 is 2.15 bits per heavy atom. The normalized spacial score (nSPS) is 22.7. The number of ether oxygens (including phenoxy) is 1. The molecule has 0 saturated carbocycles. The molecular weight excluding hydrogens is 330 g/mol. The van der Waals surface area contributed by atoms with Crippen molar-refractivity contribution in [1.29, 1.82) is 0 Å². The fourth-order valence-electron chi connectivity index (χ4n) is 3.86. The van der Waals surface area contributed by atoms with E-state index in [-0.39, 0.29) is 18.2 Å². The molecule has 138 valence electrons. The number of hydrogen-bond acceptors (Lipinski definition) is 5. The van der Waals surface area contributed by atoms with E-state index in [1.54, 1.807) is 6.20 Å². The van der Waals surface area contributed by atoms with Crippen molar-refractivity contribution in [2.24, 2.45) is 0 Å². The summed E-state index contributed by atoms with van der Waals surface area (Å²) in [7, 11) is 0. The van der Waals surface area contributed by atoms with E-state index in [0.717, 1.165) is 44.0 Å². The van der Waals surface area contributed by atoms with Gasteiger partial charge < -0.3 is 4.74 Å². The molecule has 2 fully saturated rings. The van der Waals surface area contributed by atoms with Crippen LogP contribution in [0, 0.1) is 6.92 Å². The van der Waals surface area contributed by atoms with Crippen LogP contribution < -0.4 is 0 Å². The Hall–Kier alpha value is -2.41. The molecule has 0 radical (unpaired) electrons. The van der Waals surface area contributed by atoms with Crippen LogP contribution in [-0.2, 0) is 24.4 Å². The van der Waals surface area contributed by atoms with Crippen LogP contribution >= 0.6 is 0 Å². The van der Waals surface area contributed by atoms with Crippen molar-refractivity contribution in [2.75, 3.05) is 13.1 Å². The summed E-state index contributed by atoms with van der Waals surface area (Å²) in [6, 6.07) is 5.86. The van der Waals surface area contributed by atoms with Crippen molar-refractivity contribution in [3.05, 3.63) is 47.5 Å². The fraction of sp³-hybridized carbons (Fsp3) is 0.526. The lowest BCUT2D eigenvalue weighted by molar-refractivity contribution is 0.119. The van der Waals surface area contributed by atoms with Gasteiger partial charge in [0.15, 0.2) is 0 Å². The monoisotopic (exact) mass is 355 g/mol. The molecule has 2 aromatic heterocycles. The topological polar surface area (TPSA) is 63.5 Å². The molecule has 0 unspecified atom stereocenters. The first kappa shape index (κ1) is 17.0. The van der Waals surface area contributed by atoms with Crippen molar-refractivity contribution in [3.8, 4) is 0 Å². The third kappa shape index (κ3) is 3.31. The molecular formula is C19H25N5O2. The summed E-state index contributed by atoms with van der Waals surface area (Å²) in [5, 5.41) is 4.58. The first-order chi connectivity index (χ1) is 12.6. The van der Waals surface area contributed by atoms with Gasteiger partial charge in [-0.15, -0.1) is 0 Å². The highest BCUT2D eigenvalue weighted by Gasteiger charge is 2.47. The maximum absolute atomic E-state index is 12.2. The van der Waals surface area contributed by atoms with Crippen LogP contribution in [0.2, 0.25) is 0 Å². The van der Waals surface area contributed by atoms with Gasteiger partial charge in [-0.1, -0.05) is 13.0 Å². The third-order valence-corrected chi connectivity index (χ3v) is 5.15. The number of aryl methyl sites for hydroxylation is 2. The minimum Gasteiger partial charge on any atom is -0.442 e. The second-order valence-corrected chi connectivity index (χ2v) is 7.14. The average molecular weight is 355 g/mol. The van der Waals surface area contributed by atoms with Gasteiger partial charge in [0.25, 0.3) is 0 Å². The largest absolute Gasteiger partial charge is 0.442 e. The van der Waals surface area contributed by atoms with E-state index in [2.05, 4.69) is 35.0 Å². The summed E-state index contributed by atoms with van der Waals surface area (Å²) in [4.78, 5) is 20.7. The Morgan fingerprint density at radius 3 is 2.92 bits per heavy atom. The van der Waals surface area contributed by atoms with Gasteiger partial charge in [0, 0.05) is 44.1 Å². The lowest BCUT2D eigenvalue weighted by Crippen LogP contribution is -2.37. The summed E-state index contributed by atoms with van der Waals surface area (Å²) < 4.78 is 7.63. The Kier molecular flexibility index (Phi) is 4.63. The first-order valence-electron chi connectivity index (χ1n) is 9.26. The summed E-state index contributed by atoms with van der Waals surface area (Å²) in [6.07, 6.45) is 4.69. The molecule has 0 aliphatic carbocycles. The summed E-state index contributed by atoms with van der Waals surface area (Å²) in [6.45, 7) is 8.10. The van der Waals surface area contributed by atoms with E-state index < -0.39 is 0 Å². The molecule has 2 aromatic rings. The van der Waals surface area contributed by atoms with E-state index in [1.807, 2.05) is 27.8 Å². The highest BCUT2D eigenvalue weighted by atomic mass is 16.6. The Bertz CT molecular complexity index is 775. The Morgan fingerprint density at radius 1 is 1.27 bits per heavy atom. The van der Waals surface area contributed by atoms with Crippen molar-refractivity contribution in [1.82, 2.24) is 24.6 Å². The van der Waals surface area contributed by atoms with E-state index in [4.69, 9.17) is 4.74 Å². The zero-order valence-electron chi connectivity index (χ0n) is 15.3. The molecule has 26 heavy (non-hydrogen) atoms. The predicted octanol–water partition coefficient (Wildman–Crippen LogP) is 2.20. The van der Waals surface area contributed by atoms with Gasteiger partial charge >= 0.3 is 6.09 Å². The SMILES string of the molecule is CCCn1cc(CN2C[C@H]3OC(=O)N(Cc4ccccn4)[C@H]3C2)c(C)n1. The maximum atomic E-state index is 12.2. The number of carbonyl (C=O) groups excluding carboxylic acids is 1. The summed E-state index contributed by atoms with van der Waals surface area (Å²) in [5.74, 6) is 0. The van der Waals surface area contributed by atoms with Crippen molar-refractivity contribution >= 4 is 6.09 Å². The molecule has 7 heteroatoms. The van der Waals surface area contributed by atoms with Gasteiger partial charge in [0.2, 0.25) is 0 Å². The third-order valence-electron chi connectivity index (χ3n) is 5.15. The smallest absolute Gasteiger partial charge is 0.410 e. The van der Waals surface area contributed by atoms with Crippen molar-refractivity contribution < 1.29 is 9.53 Å². The van der Waals surface area contributed by atoms with Gasteiger partial charge in [0.05, 0.1) is 24.0 Å². The van der Waals surface area contributed by atoms with Crippen LogP contribution in [0.3, 0.4) is 0 Å². The average Bonchev–Trinajstić information content (AvgIpc) is 3.25. The molecule has 1 amide bonds. The number of carbonyl (C=O) groups is 1. The molecule has 0 aromatic carbocycles. The molecule has 2 saturated heterocycles. The molecule has 0 bridgehead atoms. The zero-order chi connectivity index (χ0) is 18.1. The van der Waals surface area contributed by atoms with Gasteiger partial charge in [-0.3, -0.25) is 19.5 Å². The molecule has 7 nitrogen and oxygen atoms in total. The molecule has 4 rings (SSSR count). The fourth-order valence-corrected chi connectivity index (χ4v) is 3.86. The molecule has 0 N–H and O–H groups in total. The Balaban J connectivity index is 1.42. The van der Waals surface area contributed by atoms with Gasteiger partial charge in [0.1, 0.15) is 6.10 Å². The second kappa shape index (κ2) is 7.07. The van der Waals surface area contributed by atoms with E-state index in [1.165, 1.54) is 5.56 Å². The van der Waals surface area contributed by atoms with Gasteiger partial charge in [-0.25, -0.2) is 4.79 Å². The minimum atomic E-state index is -0.225. The summed E-state index contributed by atoms with van der Waals surface area (Å²) >= 11 is 0. The Labute approximate surface area is 153 Å². The number of fused-ring (bicyclic) bond motifs is 1. The zero-order valence-corrected chi connectivity index (χ0v) is 15.3. The van der Waals surface area contributed by atoms with E-state index in [0.29, 0.717) is 6.54 Å². The quantitative estimate of drug-likeness (QED) is 0.795. The molecule has 0 spiro atoms. The number of aromatic nitrogens is 3. The number of nitrogens with zero attached hydrogens (tertiary/aromatic N) is 5. The second-order valence-electron chi connectivity index (χ2n) is 7.14. The van der Waals surface area contributed by atoms with Crippen LogP contribution in [-0.4, -0.2) is 55.9 Å². The number of likely N-dealkylation sites (tertiary alicyclic amines) is 1. The lowest BCUT2D eigenvalue weighted by Gasteiger charge is -2.22. The van der Waals surface area contributed by atoms with Crippen LogP contribution in [0.1, 0.15) is 30.3 Å². The minimum absolute atomic E-state index is 0.0581. The highest BCUT2D eigenvalue weighted by molar-refractivity contribution is 5.71. The maximum Gasteiger partial charge on any atom is 0.410 e. The van der Waals surface area contributed by atoms with Crippen LogP contribution in [0.4, 0.5) is 4.79 Å². The number of hydrogen-bond donors (Lipinski definition) is 0. The van der Waals surface area contributed by atoms with Gasteiger partial charge in [-0.05, 0) is 25.5 Å². The van der Waals surface area contributed by atoms with Gasteiger partial charge in [-0.2, -0.15) is 5.10 Å². The number of rotatable bonds is 6. The number of amides is 1. The van der Waals surface area contributed by atoms with Crippen LogP contribution in [0.5, 0.6) is 0 Å². The first-order valence-corrected chi connectivity index (χ1v) is 9.26. The molecule has 2 aliphatic rings. The lowest BCUT2D eigenvalue weighted by atomic mass is 10.2. The van der Waals surface area contributed by atoms with Crippen molar-refractivity contribution in [3.63, 3.8) is 0 Å². The van der Waals surface area contributed by atoms with Crippen LogP contribution in [0.25, 0.3) is 0 Å². The highest BCUT2D eigenvalue weighted by Crippen LogP contribution is 2.29.